The molecule has 1 fully saturated rings. The first-order chi connectivity index (χ1) is 12.9. The Hall–Kier alpha value is -2.95. The molecule has 27 heavy (non-hydrogen) atoms. The molecule has 4 unspecified atom stereocenters. The van der Waals surface area contributed by atoms with Crippen LogP contribution in [0, 0.1) is 0 Å². The summed E-state index contributed by atoms with van der Waals surface area (Å²) in [5.74, 6) is -0.0124. The van der Waals surface area contributed by atoms with Crippen molar-refractivity contribution in [2.24, 2.45) is 0 Å². The van der Waals surface area contributed by atoms with Gasteiger partial charge < -0.3 is 30.2 Å². The molecule has 10 nitrogen and oxygen atoms in total. The normalized spacial score (nSPS) is 24.6. The van der Waals surface area contributed by atoms with Crippen LogP contribution in [-0.4, -0.2) is 57.8 Å². The van der Waals surface area contributed by atoms with E-state index >= 15 is 0 Å². The van der Waals surface area contributed by atoms with E-state index in [0.717, 1.165) is 4.57 Å². The highest BCUT2D eigenvalue weighted by Crippen LogP contribution is 2.28. The standard InChI is InChI=1S/C17H19N3O7/c1-25-10-4-2-9(3-5-10)16(23)26-8-11-13(21)14(22)15(27-11)20-7-6-12(18)19-17(20)24/h2-7,11,13-15,21-22H,8H2,1H3,(H2,18,19,24). The second-order valence-electron chi connectivity index (χ2n) is 5.92. The van der Waals surface area contributed by atoms with Crippen molar-refractivity contribution in [3.05, 3.63) is 52.6 Å². The van der Waals surface area contributed by atoms with Gasteiger partial charge in [0.05, 0.1) is 12.7 Å². The number of ether oxygens (including phenoxy) is 3. The lowest BCUT2D eigenvalue weighted by atomic mass is 10.1. The first-order valence-electron chi connectivity index (χ1n) is 8.08. The van der Waals surface area contributed by atoms with Gasteiger partial charge in [-0.05, 0) is 30.3 Å². The monoisotopic (exact) mass is 377 g/mol. The molecule has 2 heterocycles. The number of aromatic nitrogens is 2. The smallest absolute Gasteiger partial charge is 0.351 e. The third kappa shape index (κ3) is 3.92. The van der Waals surface area contributed by atoms with Crippen molar-refractivity contribution in [3.63, 3.8) is 0 Å². The van der Waals surface area contributed by atoms with E-state index in [1.807, 2.05) is 0 Å². The summed E-state index contributed by atoms with van der Waals surface area (Å²) in [7, 11) is 1.51. The summed E-state index contributed by atoms with van der Waals surface area (Å²) < 4.78 is 16.7. The van der Waals surface area contributed by atoms with Crippen molar-refractivity contribution in [1.82, 2.24) is 9.55 Å². The zero-order valence-electron chi connectivity index (χ0n) is 14.4. The number of methoxy groups -OCH3 is 1. The fraction of sp³-hybridized carbons (Fsp3) is 0.353. The van der Waals surface area contributed by atoms with Crippen molar-refractivity contribution in [3.8, 4) is 5.75 Å². The fourth-order valence-electron chi connectivity index (χ4n) is 2.68. The van der Waals surface area contributed by atoms with Crippen LogP contribution in [0.25, 0.3) is 0 Å². The van der Waals surface area contributed by atoms with E-state index in [4.69, 9.17) is 19.9 Å². The maximum absolute atomic E-state index is 12.1. The van der Waals surface area contributed by atoms with E-state index in [-0.39, 0.29) is 12.4 Å². The van der Waals surface area contributed by atoms with Crippen LogP contribution in [0.2, 0.25) is 0 Å². The Morgan fingerprint density at radius 1 is 1.26 bits per heavy atom. The van der Waals surface area contributed by atoms with Crippen molar-refractivity contribution in [2.45, 2.75) is 24.5 Å². The van der Waals surface area contributed by atoms with Gasteiger partial charge in [0.2, 0.25) is 0 Å². The van der Waals surface area contributed by atoms with Crippen LogP contribution >= 0.6 is 0 Å². The van der Waals surface area contributed by atoms with Crippen LogP contribution in [0.1, 0.15) is 16.6 Å². The zero-order chi connectivity index (χ0) is 19.6. The van der Waals surface area contributed by atoms with Crippen molar-refractivity contribution >= 4 is 11.8 Å². The first kappa shape index (κ1) is 18.8. The van der Waals surface area contributed by atoms with Gasteiger partial charge in [0.15, 0.2) is 6.23 Å². The van der Waals surface area contributed by atoms with E-state index in [2.05, 4.69) is 4.98 Å². The van der Waals surface area contributed by atoms with Gasteiger partial charge in [0.25, 0.3) is 0 Å². The number of hydrogen-bond donors (Lipinski definition) is 3. The highest BCUT2D eigenvalue weighted by Gasteiger charge is 2.44. The number of anilines is 1. The predicted molar refractivity (Wildman–Crippen MR) is 92.1 cm³/mol. The Balaban J connectivity index is 1.65. The number of aliphatic hydroxyl groups excluding tert-OH is 2. The summed E-state index contributed by atoms with van der Waals surface area (Å²) in [6.07, 6.45) is -3.65. The lowest BCUT2D eigenvalue weighted by Gasteiger charge is -2.16. The molecule has 0 saturated carbocycles. The second kappa shape index (κ2) is 7.74. The van der Waals surface area contributed by atoms with Crippen molar-refractivity contribution in [2.75, 3.05) is 19.5 Å². The van der Waals surface area contributed by atoms with Crippen molar-refractivity contribution in [1.29, 1.82) is 0 Å². The third-order valence-electron chi connectivity index (χ3n) is 4.17. The topological polar surface area (TPSA) is 146 Å². The molecule has 3 rings (SSSR count). The van der Waals surface area contributed by atoms with Gasteiger partial charge in [0.1, 0.15) is 36.5 Å². The minimum atomic E-state index is -1.40. The first-order valence-corrected chi connectivity index (χ1v) is 8.08. The average Bonchev–Trinajstić information content (AvgIpc) is 2.94. The number of rotatable bonds is 5. The zero-order valence-corrected chi connectivity index (χ0v) is 14.4. The van der Waals surface area contributed by atoms with E-state index in [9.17, 15) is 19.8 Å². The van der Waals surface area contributed by atoms with E-state index < -0.39 is 36.2 Å². The van der Waals surface area contributed by atoms with Crippen LogP contribution < -0.4 is 16.2 Å². The number of nitrogens with two attached hydrogens (primary N) is 1. The highest BCUT2D eigenvalue weighted by molar-refractivity contribution is 5.89. The van der Waals surface area contributed by atoms with Crippen LogP contribution in [0.5, 0.6) is 5.75 Å². The number of aliphatic hydroxyl groups is 2. The molecular formula is C17H19N3O7. The molecule has 4 N–H and O–H groups in total. The molecule has 10 heteroatoms. The average molecular weight is 377 g/mol. The van der Waals surface area contributed by atoms with E-state index in [1.165, 1.54) is 31.5 Å². The molecule has 144 valence electrons. The summed E-state index contributed by atoms with van der Waals surface area (Å²) in [5.41, 5.74) is 4.98. The van der Waals surface area contributed by atoms with Crippen molar-refractivity contribution < 1.29 is 29.2 Å². The van der Waals surface area contributed by atoms with Gasteiger partial charge in [-0.2, -0.15) is 4.98 Å². The van der Waals surface area contributed by atoms with Crippen LogP contribution in [-0.2, 0) is 9.47 Å². The van der Waals surface area contributed by atoms with Gasteiger partial charge >= 0.3 is 11.7 Å². The molecular weight excluding hydrogens is 358 g/mol. The Morgan fingerprint density at radius 3 is 2.59 bits per heavy atom. The maximum Gasteiger partial charge on any atom is 0.351 e. The minimum absolute atomic E-state index is 0.0225. The SMILES string of the molecule is COc1ccc(C(=O)OCC2OC(n3ccc(N)nc3=O)C(O)C2O)cc1. The molecule has 1 aromatic heterocycles. The molecule has 1 aromatic carbocycles. The Morgan fingerprint density at radius 2 is 1.96 bits per heavy atom. The van der Waals surface area contributed by atoms with Crippen LogP contribution in [0.4, 0.5) is 5.82 Å². The second-order valence-corrected chi connectivity index (χ2v) is 5.92. The summed E-state index contributed by atoms with van der Waals surface area (Å²) in [6.45, 7) is -0.309. The van der Waals surface area contributed by atoms with E-state index in [0.29, 0.717) is 11.3 Å². The fourth-order valence-corrected chi connectivity index (χ4v) is 2.68. The number of benzene rings is 1. The number of hydrogen-bond acceptors (Lipinski definition) is 9. The van der Waals surface area contributed by atoms with Crippen LogP contribution in [0.3, 0.4) is 0 Å². The van der Waals surface area contributed by atoms with Gasteiger partial charge in [-0.3, -0.25) is 4.57 Å². The van der Waals surface area contributed by atoms with Gasteiger partial charge in [0, 0.05) is 6.20 Å². The molecule has 0 spiro atoms. The molecule has 1 aliphatic rings. The van der Waals surface area contributed by atoms with E-state index in [1.54, 1.807) is 12.1 Å². The Kier molecular flexibility index (Phi) is 5.40. The summed E-state index contributed by atoms with van der Waals surface area (Å²) in [6, 6.07) is 7.64. The Labute approximate surface area is 153 Å². The molecule has 4 atom stereocenters. The minimum Gasteiger partial charge on any atom is -0.497 e. The number of carbonyl (C=O) groups is 1. The molecule has 1 aliphatic heterocycles. The van der Waals surface area contributed by atoms with Gasteiger partial charge in [-0.25, -0.2) is 9.59 Å². The Bertz CT molecular complexity index is 868. The number of esters is 1. The lowest BCUT2D eigenvalue weighted by molar-refractivity contribution is -0.0598. The number of nitrogen functional groups attached to an aromatic ring is 1. The van der Waals surface area contributed by atoms with Gasteiger partial charge in [-0.15, -0.1) is 0 Å². The number of carbonyl (C=O) groups excluding carboxylic acids is 1. The summed E-state index contributed by atoms with van der Waals surface area (Å²) in [5, 5.41) is 20.3. The lowest BCUT2D eigenvalue weighted by Crippen LogP contribution is -2.36. The largest absolute Gasteiger partial charge is 0.497 e. The quantitative estimate of drug-likeness (QED) is 0.576. The summed E-state index contributed by atoms with van der Waals surface area (Å²) in [4.78, 5) is 27.5. The molecule has 1 saturated heterocycles. The predicted octanol–water partition coefficient (Wildman–Crippen LogP) is -0.690. The molecule has 0 radical (unpaired) electrons. The molecule has 2 aromatic rings. The molecule has 0 bridgehead atoms. The van der Waals surface area contributed by atoms with Crippen LogP contribution in [0.15, 0.2) is 41.3 Å². The third-order valence-corrected chi connectivity index (χ3v) is 4.17. The molecule has 0 aliphatic carbocycles. The van der Waals surface area contributed by atoms with Gasteiger partial charge in [-0.1, -0.05) is 0 Å². The number of nitrogens with zero attached hydrogens (tertiary/aromatic N) is 2. The highest BCUT2D eigenvalue weighted by atomic mass is 16.6. The molecule has 0 amide bonds. The maximum atomic E-state index is 12.1. The summed E-state index contributed by atoms with van der Waals surface area (Å²) >= 11 is 0.